The number of hydrogen-bond acceptors (Lipinski definition) is 4. The number of amides is 2. The van der Waals surface area contributed by atoms with Crippen molar-refractivity contribution in [3.05, 3.63) is 68.7 Å². The summed E-state index contributed by atoms with van der Waals surface area (Å²) in [5.74, 6) is 0. The Hall–Kier alpha value is -2.64. The van der Waals surface area contributed by atoms with E-state index in [4.69, 9.17) is 11.6 Å². The van der Waals surface area contributed by atoms with Gasteiger partial charge >= 0.3 is 6.03 Å². The van der Waals surface area contributed by atoms with Crippen LogP contribution in [0.4, 0.5) is 16.2 Å². The Morgan fingerprint density at radius 1 is 1.29 bits per heavy atom. The third-order valence-electron chi connectivity index (χ3n) is 3.44. The van der Waals surface area contributed by atoms with Crippen LogP contribution in [0.15, 0.2) is 42.5 Å². The maximum Gasteiger partial charge on any atom is 0.319 e. The molecule has 0 heterocycles. The second-order valence-corrected chi connectivity index (χ2v) is 5.58. The SMILES string of the molecule is Cc1ccc([N+](=O)[O-])cc1NC(=O)NC(CO)c1ccc(Cl)cc1. The molecule has 0 aliphatic rings. The second-order valence-electron chi connectivity index (χ2n) is 5.14. The van der Waals surface area contributed by atoms with Crippen LogP contribution in [0, 0.1) is 17.0 Å². The minimum Gasteiger partial charge on any atom is -0.394 e. The standard InChI is InChI=1S/C16H16ClN3O4/c1-10-2-7-13(20(23)24)8-14(10)18-16(22)19-15(9-21)11-3-5-12(17)6-4-11/h2-8,15,21H,9H2,1H3,(H2,18,19,22). The van der Waals surface area contributed by atoms with E-state index in [1.807, 2.05) is 0 Å². The molecule has 2 rings (SSSR count). The minimum atomic E-state index is -0.624. The molecule has 24 heavy (non-hydrogen) atoms. The van der Waals surface area contributed by atoms with E-state index < -0.39 is 17.0 Å². The van der Waals surface area contributed by atoms with Crippen molar-refractivity contribution in [1.82, 2.24) is 5.32 Å². The highest BCUT2D eigenvalue weighted by molar-refractivity contribution is 6.30. The Bertz CT molecular complexity index is 749. The molecule has 0 saturated carbocycles. The summed E-state index contributed by atoms with van der Waals surface area (Å²) in [5, 5.41) is 26.0. The highest BCUT2D eigenvalue weighted by Gasteiger charge is 2.15. The van der Waals surface area contributed by atoms with Gasteiger partial charge in [-0.15, -0.1) is 0 Å². The quantitative estimate of drug-likeness (QED) is 0.568. The fourth-order valence-corrected chi connectivity index (χ4v) is 2.23. The molecule has 2 aromatic rings. The van der Waals surface area contributed by atoms with E-state index in [1.165, 1.54) is 12.1 Å². The summed E-state index contributed by atoms with van der Waals surface area (Å²) in [7, 11) is 0. The molecule has 2 amide bonds. The average Bonchev–Trinajstić information content (AvgIpc) is 2.55. The molecule has 2 aromatic carbocycles. The van der Waals surface area contributed by atoms with E-state index in [0.717, 1.165) is 0 Å². The zero-order valence-corrected chi connectivity index (χ0v) is 13.6. The van der Waals surface area contributed by atoms with Gasteiger partial charge < -0.3 is 15.7 Å². The molecule has 0 bridgehead atoms. The molecular weight excluding hydrogens is 334 g/mol. The number of nitrogens with one attached hydrogen (secondary N) is 2. The van der Waals surface area contributed by atoms with Crippen LogP contribution in [0.25, 0.3) is 0 Å². The van der Waals surface area contributed by atoms with Gasteiger partial charge in [0.15, 0.2) is 0 Å². The van der Waals surface area contributed by atoms with Crippen molar-refractivity contribution < 1.29 is 14.8 Å². The maximum absolute atomic E-state index is 12.1. The highest BCUT2D eigenvalue weighted by atomic mass is 35.5. The molecule has 0 aromatic heterocycles. The van der Waals surface area contributed by atoms with Crippen LogP contribution < -0.4 is 10.6 Å². The summed E-state index contributed by atoms with van der Waals surface area (Å²) in [4.78, 5) is 22.4. The Morgan fingerprint density at radius 3 is 2.54 bits per heavy atom. The molecule has 8 heteroatoms. The van der Waals surface area contributed by atoms with Gasteiger partial charge in [0.1, 0.15) is 0 Å². The third kappa shape index (κ3) is 4.43. The fourth-order valence-electron chi connectivity index (χ4n) is 2.10. The lowest BCUT2D eigenvalue weighted by atomic mass is 10.1. The number of halogens is 1. The summed E-state index contributed by atoms with van der Waals surface area (Å²) >= 11 is 5.81. The number of carbonyl (C=O) groups excluding carboxylic acids is 1. The van der Waals surface area contributed by atoms with E-state index in [-0.39, 0.29) is 12.3 Å². The number of aliphatic hydroxyl groups excluding tert-OH is 1. The second kappa shape index (κ2) is 7.76. The summed E-state index contributed by atoms with van der Waals surface area (Å²) in [6.45, 7) is 1.42. The number of urea groups is 1. The van der Waals surface area contributed by atoms with E-state index in [9.17, 15) is 20.0 Å². The van der Waals surface area contributed by atoms with Crippen LogP contribution >= 0.6 is 11.6 Å². The summed E-state index contributed by atoms with van der Waals surface area (Å²) in [5.41, 5.74) is 1.58. The molecule has 0 aliphatic heterocycles. The first-order chi connectivity index (χ1) is 11.4. The average molecular weight is 350 g/mol. The number of nitro groups is 1. The predicted molar refractivity (Wildman–Crippen MR) is 91.3 cm³/mol. The topological polar surface area (TPSA) is 105 Å². The first-order valence-electron chi connectivity index (χ1n) is 7.09. The third-order valence-corrected chi connectivity index (χ3v) is 3.69. The largest absolute Gasteiger partial charge is 0.394 e. The first kappa shape index (κ1) is 17.7. The minimum absolute atomic E-state index is 0.118. The van der Waals surface area contributed by atoms with Crippen molar-refractivity contribution in [2.24, 2.45) is 0 Å². The number of aliphatic hydroxyl groups is 1. The number of benzene rings is 2. The fraction of sp³-hybridized carbons (Fsp3) is 0.188. The zero-order valence-electron chi connectivity index (χ0n) is 12.8. The number of nitro benzene ring substituents is 1. The molecular formula is C16H16ClN3O4. The van der Waals surface area contributed by atoms with Crippen molar-refractivity contribution in [3.63, 3.8) is 0 Å². The number of rotatable bonds is 5. The Kier molecular flexibility index (Phi) is 5.73. The number of carbonyl (C=O) groups is 1. The molecule has 3 N–H and O–H groups in total. The molecule has 1 unspecified atom stereocenters. The molecule has 7 nitrogen and oxygen atoms in total. The Labute approximate surface area is 143 Å². The van der Waals surface area contributed by atoms with Gasteiger partial charge in [0.25, 0.3) is 5.69 Å². The first-order valence-corrected chi connectivity index (χ1v) is 7.47. The van der Waals surface area contributed by atoms with Crippen molar-refractivity contribution in [1.29, 1.82) is 0 Å². The molecule has 0 fully saturated rings. The predicted octanol–water partition coefficient (Wildman–Crippen LogP) is 3.41. The summed E-state index contributed by atoms with van der Waals surface area (Å²) < 4.78 is 0. The van der Waals surface area contributed by atoms with Gasteiger partial charge in [-0.05, 0) is 30.2 Å². The van der Waals surface area contributed by atoms with Gasteiger partial charge in [-0.3, -0.25) is 10.1 Å². The zero-order chi connectivity index (χ0) is 17.7. The number of nitrogens with zero attached hydrogens (tertiary/aromatic N) is 1. The van der Waals surface area contributed by atoms with E-state index >= 15 is 0 Å². The molecule has 0 spiro atoms. The van der Waals surface area contributed by atoms with Crippen molar-refractivity contribution >= 4 is 29.0 Å². The van der Waals surface area contributed by atoms with E-state index in [0.29, 0.717) is 21.8 Å². The van der Waals surface area contributed by atoms with Crippen molar-refractivity contribution in [2.45, 2.75) is 13.0 Å². The van der Waals surface area contributed by atoms with E-state index in [2.05, 4.69) is 10.6 Å². The lowest BCUT2D eigenvalue weighted by Crippen LogP contribution is -2.34. The van der Waals surface area contributed by atoms with Gasteiger partial charge in [-0.2, -0.15) is 0 Å². The van der Waals surface area contributed by atoms with Gasteiger partial charge in [0.2, 0.25) is 0 Å². The van der Waals surface area contributed by atoms with Crippen LogP contribution in [0.2, 0.25) is 5.02 Å². The van der Waals surface area contributed by atoms with Gasteiger partial charge in [0, 0.05) is 17.2 Å². The molecule has 0 aliphatic carbocycles. The highest BCUT2D eigenvalue weighted by Crippen LogP contribution is 2.22. The number of anilines is 1. The monoisotopic (exact) mass is 349 g/mol. The molecule has 1 atom stereocenters. The summed E-state index contributed by atoms with van der Waals surface area (Å²) in [6.07, 6.45) is 0. The van der Waals surface area contributed by atoms with Gasteiger partial charge in [0.05, 0.1) is 23.3 Å². The Balaban J connectivity index is 2.10. The van der Waals surface area contributed by atoms with Crippen LogP contribution in [-0.4, -0.2) is 22.7 Å². The van der Waals surface area contributed by atoms with Crippen LogP contribution in [-0.2, 0) is 0 Å². The van der Waals surface area contributed by atoms with E-state index in [1.54, 1.807) is 37.3 Å². The van der Waals surface area contributed by atoms with Crippen molar-refractivity contribution in [3.8, 4) is 0 Å². The normalized spacial score (nSPS) is 11.6. The smallest absolute Gasteiger partial charge is 0.319 e. The molecule has 126 valence electrons. The number of aryl methyl sites for hydroxylation is 1. The van der Waals surface area contributed by atoms with Gasteiger partial charge in [-0.25, -0.2) is 4.79 Å². The van der Waals surface area contributed by atoms with Crippen LogP contribution in [0.1, 0.15) is 17.2 Å². The maximum atomic E-state index is 12.1. The Morgan fingerprint density at radius 2 is 1.96 bits per heavy atom. The van der Waals surface area contributed by atoms with Gasteiger partial charge in [-0.1, -0.05) is 29.8 Å². The molecule has 0 radical (unpaired) electrons. The molecule has 0 saturated heterocycles. The van der Waals surface area contributed by atoms with Crippen molar-refractivity contribution in [2.75, 3.05) is 11.9 Å². The van der Waals surface area contributed by atoms with Crippen LogP contribution in [0.5, 0.6) is 0 Å². The number of non-ortho nitro benzene ring substituents is 1. The lowest BCUT2D eigenvalue weighted by Gasteiger charge is -2.18. The lowest BCUT2D eigenvalue weighted by molar-refractivity contribution is -0.384. The summed E-state index contributed by atoms with van der Waals surface area (Å²) in [6, 6.07) is 9.70. The van der Waals surface area contributed by atoms with Crippen LogP contribution in [0.3, 0.4) is 0 Å². The number of hydrogen-bond donors (Lipinski definition) is 3.